The van der Waals surface area contributed by atoms with Crippen molar-refractivity contribution in [2.45, 2.75) is 0 Å². The molecule has 5 heteroatoms. The highest BCUT2D eigenvalue weighted by molar-refractivity contribution is 6.35. The van der Waals surface area contributed by atoms with Crippen molar-refractivity contribution in [3.63, 3.8) is 0 Å². The molecule has 2 aromatic carbocycles. The zero-order valence-electron chi connectivity index (χ0n) is 11.2. The smallest absolute Gasteiger partial charge is 0.339 e. The molecule has 5 nitrogen and oxygen atoms in total. The lowest BCUT2D eigenvalue weighted by Crippen LogP contribution is -2.31. The molecule has 0 saturated heterocycles. The summed E-state index contributed by atoms with van der Waals surface area (Å²) in [7, 11) is 1.25. The molecule has 0 unspecified atom stereocenters. The highest BCUT2D eigenvalue weighted by Gasteiger charge is 2.38. The summed E-state index contributed by atoms with van der Waals surface area (Å²) in [6.07, 6.45) is 0. The maximum atomic E-state index is 12.4. The molecule has 0 fully saturated rings. The van der Waals surface area contributed by atoms with Crippen molar-refractivity contribution in [2.75, 3.05) is 12.0 Å². The molecule has 0 aliphatic carbocycles. The summed E-state index contributed by atoms with van der Waals surface area (Å²) in [6.45, 7) is 0. The van der Waals surface area contributed by atoms with E-state index in [1.54, 1.807) is 42.5 Å². The first-order valence-electron chi connectivity index (χ1n) is 6.30. The number of rotatable bonds is 2. The van der Waals surface area contributed by atoms with E-state index in [4.69, 9.17) is 4.74 Å². The summed E-state index contributed by atoms with van der Waals surface area (Å²) in [5.41, 5.74) is 1.08. The van der Waals surface area contributed by atoms with E-state index in [2.05, 4.69) is 0 Å². The van der Waals surface area contributed by atoms with Crippen molar-refractivity contribution >= 4 is 23.5 Å². The molecule has 1 aliphatic rings. The number of amides is 2. The molecule has 0 aromatic heterocycles. The molecule has 0 N–H and O–H groups in total. The number of methoxy groups -OCH3 is 1. The van der Waals surface area contributed by atoms with Gasteiger partial charge in [-0.2, -0.15) is 0 Å². The van der Waals surface area contributed by atoms with Crippen LogP contribution in [-0.4, -0.2) is 24.9 Å². The number of ether oxygens (including phenoxy) is 1. The normalized spacial score (nSPS) is 13.3. The van der Waals surface area contributed by atoms with Gasteiger partial charge in [-0.15, -0.1) is 0 Å². The van der Waals surface area contributed by atoms with Crippen molar-refractivity contribution in [3.05, 3.63) is 65.2 Å². The zero-order chi connectivity index (χ0) is 15.0. The molecule has 104 valence electrons. The molecule has 1 heterocycles. The Kier molecular flexibility index (Phi) is 3.02. The van der Waals surface area contributed by atoms with Crippen molar-refractivity contribution in [2.24, 2.45) is 0 Å². The third-order valence-electron chi connectivity index (χ3n) is 3.34. The van der Waals surface area contributed by atoms with E-state index in [9.17, 15) is 14.4 Å². The van der Waals surface area contributed by atoms with E-state index in [0.717, 1.165) is 4.90 Å². The maximum absolute atomic E-state index is 12.4. The molecular formula is C16H11NO4. The minimum atomic E-state index is -0.595. The summed E-state index contributed by atoms with van der Waals surface area (Å²) in [6, 6.07) is 12.9. The van der Waals surface area contributed by atoms with Gasteiger partial charge in [0.2, 0.25) is 0 Å². The number of hydrogen-bond acceptors (Lipinski definition) is 4. The van der Waals surface area contributed by atoms with Gasteiger partial charge < -0.3 is 4.74 Å². The fraction of sp³-hybridized carbons (Fsp3) is 0.0625. The largest absolute Gasteiger partial charge is 0.465 e. The average molecular weight is 281 g/mol. The Hall–Kier alpha value is -2.95. The van der Waals surface area contributed by atoms with Crippen LogP contribution in [0, 0.1) is 0 Å². The zero-order valence-corrected chi connectivity index (χ0v) is 11.2. The van der Waals surface area contributed by atoms with Crippen LogP contribution in [-0.2, 0) is 4.74 Å². The summed E-state index contributed by atoms with van der Waals surface area (Å²) < 4.78 is 4.70. The second-order valence-corrected chi connectivity index (χ2v) is 4.50. The lowest BCUT2D eigenvalue weighted by Gasteiger charge is -2.16. The first kappa shape index (κ1) is 13.1. The van der Waals surface area contributed by atoms with Gasteiger partial charge in [0.05, 0.1) is 29.5 Å². The van der Waals surface area contributed by atoms with Gasteiger partial charge >= 0.3 is 5.97 Å². The van der Waals surface area contributed by atoms with Gasteiger partial charge in [0, 0.05) is 0 Å². The number of carbonyl (C=O) groups is 3. The van der Waals surface area contributed by atoms with Gasteiger partial charge in [-0.3, -0.25) is 9.59 Å². The number of fused-ring (bicyclic) bond motifs is 1. The Morgan fingerprint density at radius 1 is 0.905 bits per heavy atom. The van der Waals surface area contributed by atoms with Crippen LogP contribution in [0.3, 0.4) is 0 Å². The lowest BCUT2D eigenvalue weighted by molar-refractivity contribution is 0.0601. The van der Waals surface area contributed by atoms with Gasteiger partial charge in [0.15, 0.2) is 0 Å². The molecule has 0 saturated carbocycles. The predicted molar refractivity (Wildman–Crippen MR) is 75.4 cm³/mol. The van der Waals surface area contributed by atoms with Crippen LogP contribution in [0.5, 0.6) is 0 Å². The minimum absolute atomic E-state index is 0.175. The number of imide groups is 1. The Morgan fingerprint density at radius 2 is 1.43 bits per heavy atom. The average Bonchev–Trinajstić information content (AvgIpc) is 2.78. The number of esters is 1. The number of hydrogen-bond donors (Lipinski definition) is 0. The lowest BCUT2D eigenvalue weighted by atomic mass is 10.1. The fourth-order valence-electron chi connectivity index (χ4n) is 2.36. The molecule has 21 heavy (non-hydrogen) atoms. The Labute approximate surface area is 120 Å². The molecular weight excluding hydrogens is 270 g/mol. The molecule has 0 spiro atoms. The third kappa shape index (κ3) is 1.90. The molecule has 2 amide bonds. The minimum Gasteiger partial charge on any atom is -0.465 e. The van der Waals surface area contributed by atoms with Crippen LogP contribution in [0.25, 0.3) is 0 Å². The van der Waals surface area contributed by atoms with Crippen LogP contribution in [0.4, 0.5) is 5.69 Å². The second-order valence-electron chi connectivity index (χ2n) is 4.50. The predicted octanol–water partition coefficient (Wildman–Crippen LogP) is 2.27. The molecule has 1 aliphatic heterocycles. The first-order chi connectivity index (χ1) is 10.1. The van der Waals surface area contributed by atoms with Gasteiger partial charge in [0.1, 0.15) is 0 Å². The number of carbonyl (C=O) groups excluding carboxylic acids is 3. The molecule has 2 aromatic rings. The second kappa shape index (κ2) is 4.86. The van der Waals surface area contributed by atoms with Crippen molar-refractivity contribution in [1.82, 2.24) is 0 Å². The van der Waals surface area contributed by atoms with E-state index >= 15 is 0 Å². The number of benzene rings is 2. The molecule has 0 radical (unpaired) electrons. The molecule has 3 rings (SSSR count). The fourth-order valence-corrected chi connectivity index (χ4v) is 2.36. The maximum Gasteiger partial charge on any atom is 0.339 e. The number of para-hydroxylation sites is 1. The van der Waals surface area contributed by atoms with E-state index in [1.807, 2.05) is 0 Å². The summed E-state index contributed by atoms with van der Waals surface area (Å²) in [5, 5.41) is 0. The standard InChI is InChI=1S/C16H11NO4/c1-21-16(20)12-8-4-5-9-13(12)17-14(18)10-6-2-3-7-11(10)15(17)19/h2-9H,1H3. The van der Waals surface area contributed by atoms with Crippen LogP contribution >= 0.6 is 0 Å². The highest BCUT2D eigenvalue weighted by atomic mass is 16.5. The van der Waals surface area contributed by atoms with Crippen LogP contribution in [0.1, 0.15) is 31.1 Å². The van der Waals surface area contributed by atoms with E-state index in [0.29, 0.717) is 11.1 Å². The molecule has 0 bridgehead atoms. The topological polar surface area (TPSA) is 63.7 Å². The van der Waals surface area contributed by atoms with E-state index in [1.165, 1.54) is 13.2 Å². The Balaban J connectivity index is 2.14. The summed E-state index contributed by atoms with van der Waals surface area (Å²) in [5.74, 6) is -1.47. The Bertz CT molecular complexity index is 731. The van der Waals surface area contributed by atoms with Crippen LogP contribution in [0.15, 0.2) is 48.5 Å². The first-order valence-corrected chi connectivity index (χ1v) is 6.30. The van der Waals surface area contributed by atoms with Crippen molar-refractivity contribution in [1.29, 1.82) is 0 Å². The number of anilines is 1. The quantitative estimate of drug-likeness (QED) is 0.625. The number of nitrogens with zero attached hydrogens (tertiary/aromatic N) is 1. The highest BCUT2D eigenvalue weighted by Crippen LogP contribution is 2.30. The van der Waals surface area contributed by atoms with E-state index in [-0.39, 0.29) is 11.3 Å². The summed E-state index contributed by atoms with van der Waals surface area (Å²) in [4.78, 5) is 37.7. The SMILES string of the molecule is COC(=O)c1ccccc1N1C(=O)c2ccccc2C1=O. The van der Waals surface area contributed by atoms with Crippen LogP contribution in [0.2, 0.25) is 0 Å². The Morgan fingerprint density at radius 3 is 2.00 bits per heavy atom. The summed E-state index contributed by atoms with van der Waals surface area (Å²) >= 11 is 0. The molecule has 0 atom stereocenters. The van der Waals surface area contributed by atoms with Gasteiger partial charge in [0.25, 0.3) is 11.8 Å². The van der Waals surface area contributed by atoms with Crippen molar-refractivity contribution in [3.8, 4) is 0 Å². The monoisotopic (exact) mass is 281 g/mol. The van der Waals surface area contributed by atoms with Crippen LogP contribution < -0.4 is 4.90 Å². The van der Waals surface area contributed by atoms with Gasteiger partial charge in [-0.1, -0.05) is 24.3 Å². The van der Waals surface area contributed by atoms with E-state index < -0.39 is 17.8 Å². The van der Waals surface area contributed by atoms with Gasteiger partial charge in [-0.05, 0) is 24.3 Å². The third-order valence-corrected chi connectivity index (χ3v) is 3.34. The van der Waals surface area contributed by atoms with Gasteiger partial charge in [-0.25, -0.2) is 9.69 Å². The van der Waals surface area contributed by atoms with Crippen molar-refractivity contribution < 1.29 is 19.1 Å².